The van der Waals surface area contributed by atoms with Gasteiger partial charge in [0.2, 0.25) is 0 Å². The monoisotopic (exact) mass is 295 g/mol. The van der Waals surface area contributed by atoms with E-state index >= 15 is 0 Å². The highest BCUT2D eigenvalue weighted by Gasteiger charge is 2.25. The van der Waals surface area contributed by atoms with E-state index in [1.54, 1.807) is 0 Å². The molecule has 1 saturated heterocycles. The van der Waals surface area contributed by atoms with Gasteiger partial charge in [-0.05, 0) is 50.6 Å². The summed E-state index contributed by atoms with van der Waals surface area (Å²) in [7, 11) is 0. The maximum atomic E-state index is 11.9. The Morgan fingerprint density at radius 1 is 1.35 bits per heavy atom. The van der Waals surface area contributed by atoms with Crippen LogP contribution in [-0.2, 0) is 9.53 Å². The van der Waals surface area contributed by atoms with Crippen LogP contribution >= 0.6 is 11.6 Å². The number of halogens is 1. The zero-order valence-corrected chi connectivity index (χ0v) is 12.7. The SMILES string of the molecule is CCOC(=O)C[C@@H](c1cccc(Cl)c1)N1CCCCC1. The first-order valence-electron chi connectivity index (χ1n) is 7.36. The van der Waals surface area contributed by atoms with Crippen LogP contribution in [0.15, 0.2) is 24.3 Å². The molecular weight excluding hydrogens is 274 g/mol. The van der Waals surface area contributed by atoms with E-state index in [0.717, 1.165) is 18.7 Å². The van der Waals surface area contributed by atoms with E-state index in [1.807, 2.05) is 31.2 Å². The van der Waals surface area contributed by atoms with Gasteiger partial charge in [-0.2, -0.15) is 0 Å². The molecule has 1 aromatic carbocycles. The van der Waals surface area contributed by atoms with Crippen molar-refractivity contribution in [3.05, 3.63) is 34.9 Å². The molecule has 2 rings (SSSR count). The summed E-state index contributed by atoms with van der Waals surface area (Å²) in [5, 5.41) is 0.716. The summed E-state index contributed by atoms with van der Waals surface area (Å²) in [6.45, 7) is 4.35. The summed E-state index contributed by atoms with van der Waals surface area (Å²) in [4.78, 5) is 14.3. The van der Waals surface area contributed by atoms with Crippen LogP contribution in [0.1, 0.15) is 44.2 Å². The van der Waals surface area contributed by atoms with E-state index in [0.29, 0.717) is 18.1 Å². The summed E-state index contributed by atoms with van der Waals surface area (Å²) in [6, 6.07) is 7.89. The van der Waals surface area contributed by atoms with Gasteiger partial charge < -0.3 is 4.74 Å². The molecule has 0 aromatic heterocycles. The van der Waals surface area contributed by atoms with Crippen molar-refractivity contribution in [1.82, 2.24) is 4.90 Å². The molecule has 1 atom stereocenters. The molecule has 0 N–H and O–H groups in total. The fourth-order valence-corrected chi connectivity index (χ4v) is 2.98. The number of likely N-dealkylation sites (tertiary alicyclic amines) is 1. The lowest BCUT2D eigenvalue weighted by Crippen LogP contribution is -2.35. The van der Waals surface area contributed by atoms with Crippen molar-refractivity contribution in [3.8, 4) is 0 Å². The quantitative estimate of drug-likeness (QED) is 0.774. The number of esters is 1. The van der Waals surface area contributed by atoms with Crippen molar-refractivity contribution < 1.29 is 9.53 Å². The Hall–Kier alpha value is -1.06. The van der Waals surface area contributed by atoms with Crippen LogP contribution in [0.3, 0.4) is 0 Å². The minimum absolute atomic E-state index is 0.0769. The van der Waals surface area contributed by atoms with E-state index in [4.69, 9.17) is 16.3 Å². The molecule has 20 heavy (non-hydrogen) atoms. The Balaban J connectivity index is 2.16. The van der Waals surface area contributed by atoms with Crippen molar-refractivity contribution in [2.45, 2.75) is 38.6 Å². The molecule has 1 heterocycles. The summed E-state index contributed by atoms with van der Waals surface area (Å²) in [5.74, 6) is -0.136. The van der Waals surface area contributed by atoms with Crippen molar-refractivity contribution in [2.24, 2.45) is 0 Å². The van der Waals surface area contributed by atoms with E-state index in [1.165, 1.54) is 19.3 Å². The molecule has 4 heteroatoms. The topological polar surface area (TPSA) is 29.5 Å². The number of rotatable bonds is 5. The van der Waals surface area contributed by atoms with Crippen LogP contribution in [0.4, 0.5) is 0 Å². The maximum Gasteiger partial charge on any atom is 0.307 e. The Kier molecular flexibility index (Phi) is 5.86. The Bertz CT molecular complexity index is 444. The first-order valence-corrected chi connectivity index (χ1v) is 7.73. The van der Waals surface area contributed by atoms with E-state index in [2.05, 4.69) is 4.90 Å². The number of ether oxygens (including phenoxy) is 1. The Morgan fingerprint density at radius 3 is 2.75 bits per heavy atom. The van der Waals surface area contributed by atoms with Crippen LogP contribution in [0.5, 0.6) is 0 Å². The molecule has 0 amide bonds. The lowest BCUT2D eigenvalue weighted by Gasteiger charge is -2.34. The number of benzene rings is 1. The zero-order valence-electron chi connectivity index (χ0n) is 12.0. The van der Waals surface area contributed by atoms with Gasteiger partial charge in [0.25, 0.3) is 0 Å². The number of nitrogens with zero attached hydrogens (tertiary/aromatic N) is 1. The van der Waals surface area contributed by atoms with Gasteiger partial charge in [0.05, 0.1) is 13.0 Å². The largest absolute Gasteiger partial charge is 0.466 e. The molecule has 0 radical (unpaired) electrons. The van der Waals surface area contributed by atoms with Crippen molar-refractivity contribution in [1.29, 1.82) is 0 Å². The predicted molar refractivity (Wildman–Crippen MR) is 80.9 cm³/mol. The normalized spacial score (nSPS) is 17.7. The highest BCUT2D eigenvalue weighted by molar-refractivity contribution is 6.30. The van der Waals surface area contributed by atoms with E-state index < -0.39 is 0 Å². The highest BCUT2D eigenvalue weighted by atomic mass is 35.5. The molecule has 0 saturated carbocycles. The lowest BCUT2D eigenvalue weighted by molar-refractivity contribution is -0.144. The second-order valence-electron chi connectivity index (χ2n) is 5.18. The maximum absolute atomic E-state index is 11.9. The molecule has 1 aliphatic heterocycles. The summed E-state index contributed by atoms with van der Waals surface area (Å²) < 4.78 is 5.12. The third-order valence-electron chi connectivity index (χ3n) is 3.73. The zero-order chi connectivity index (χ0) is 14.4. The van der Waals surface area contributed by atoms with Gasteiger partial charge in [-0.15, -0.1) is 0 Å². The molecule has 1 aliphatic rings. The summed E-state index contributed by atoms with van der Waals surface area (Å²) in [6.07, 6.45) is 4.06. The number of piperidine rings is 1. The molecule has 0 spiro atoms. The molecule has 0 bridgehead atoms. The molecule has 3 nitrogen and oxygen atoms in total. The Morgan fingerprint density at radius 2 is 2.10 bits per heavy atom. The van der Waals surface area contributed by atoms with Crippen LogP contribution in [0.25, 0.3) is 0 Å². The van der Waals surface area contributed by atoms with Crippen LogP contribution in [-0.4, -0.2) is 30.6 Å². The molecule has 0 aliphatic carbocycles. The summed E-state index contributed by atoms with van der Waals surface area (Å²) in [5.41, 5.74) is 1.10. The lowest BCUT2D eigenvalue weighted by atomic mass is 9.99. The van der Waals surface area contributed by atoms with Crippen LogP contribution in [0, 0.1) is 0 Å². The highest BCUT2D eigenvalue weighted by Crippen LogP contribution is 2.29. The smallest absolute Gasteiger partial charge is 0.307 e. The third-order valence-corrected chi connectivity index (χ3v) is 3.97. The van der Waals surface area contributed by atoms with Crippen LogP contribution in [0.2, 0.25) is 5.02 Å². The van der Waals surface area contributed by atoms with Gasteiger partial charge in [-0.3, -0.25) is 9.69 Å². The van der Waals surface area contributed by atoms with Crippen molar-refractivity contribution >= 4 is 17.6 Å². The molecule has 0 unspecified atom stereocenters. The fraction of sp³-hybridized carbons (Fsp3) is 0.562. The molecule has 1 fully saturated rings. The molecule has 1 aromatic rings. The van der Waals surface area contributed by atoms with E-state index in [-0.39, 0.29) is 12.0 Å². The predicted octanol–water partition coefficient (Wildman–Crippen LogP) is 3.82. The van der Waals surface area contributed by atoms with Crippen molar-refractivity contribution in [2.75, 3.05) is 19.7 Å². The van der Waals surface area contributed by atoms with E-state index in [9.17, 15) is 4.79 Å². The standard InChI is InChI=1S/C16H22ClNO2/c1-2-20-16(19)12-15(18-9-4-3-5-10-18)13-7-6-8-14(17)11-13/h6-8,11,15H,2-5,9-10,12H2,1H3/t15-/m0/s1. The van der Waals surface area contributed by atoms with Gasteiger partial charge >= 0.3 is 5.97 Å². The Labute approximate surface area is 125 Å². The average Bonchev–Trinajstić information content (AvgIpc) is 2.46. The van der Waals surface area contributed by atoms with Crippen molar-refractivity contribution in [3.63, 3.8) is 0 Å². The minimum atomic E-state index is -0.136. The van der Waals surface area contributed by atoms with Gasteiger partial charge in [0, 0.05) is 11.1 Å². The number of hydrogen-bond acceptors (Lipinski definition) is 3. The second kappa shape index (κ2) is 7.65. The molecule has 110 valence electrons. The summed E-state index contributed by atoms with van der Waals surface area (Å²) >= 11 is 6.09. The molecular formula is C16H22ClNO2. The first-order chi connectivity index (χ1) is 9.70. The number of carbonyl (C=O) groups excluding carboxylic acids is 1. The fourth-order valence-electron chi connectivity index (χ4n) is 2.78. The van der Waals surface area contributed by atoms with Gasteiger partial charge in [0.1, 0.15) is 0 Å². The first kappa shape index (κ1) is 15.3. The van der Waals surface area contributed by atoms with Crippen LogP contribution < -0.4 is 0 Å². The minimum Gasteiger partial charge on any atom is -0.466 e. The third kappa shape index (κ3) is 4.22. The number of carbonyl (C=O) groups is 1. The van der Waals surface area contributed by atoms with Gasteiger partial charge in [-0.1, -0.05) is 30.2 Å². The second-order valence-corrected chi connectivity index (χ2v) is 5.61. The average molecular weight is 296 g/mol. The van der Waals surface area contributed by atoms with Gasteiger partial charge in [0.15, 0.2) is 0 Å². The number of hydrogen-bond donors (Lipinski definition) is 0. The van der Waals surface area contributed by atoms with Gasteiger partial charge in [-0.25, -0.2) is 0 Å².